The zero-order chi connectivity index (χ0) is 31.6. The molecule has 0 aromatic carbocycles. The average Bonchev–Trinajstić information content (AvgIpc) is 3.45. The van der Waals surface area contributed by atoms with E-state index in [4.69, 9.17) is 18.9 Å². The highest BCUT2D eigenvalue weighted by molar-refractivity contribution is 5.34. The van der Waals surface area contributed by atoms with E-state index in [1.54, 1.807) is 13.8 Å². The predicted molar refractivity (Wildman–Crippen MR) is 159 cm³/mol. The summed E-state index contributed by atoms with van der Waals surface area (Å²) in [6.07, 6.45) is 2.00. The van der Waals surface area contributed by atoms with Gasteiger partial charge in [-0.2, -0.15) is 0 Å². The molecule has 3 spiro atoms. The number of aliphatic hydroxyl groups is 5. The average molecular weight is 621 g/mol. The van der Waals surface area contributed by atoms with E-state index >= 15 is 0 Å². The molecule has 5 aliphatic carbocycles. The first kappa shape index (κ1) is 30.9. The third kappa shape index (κ3) is 3.38. The number of hydrogen-bond acceptors (Lipinski definition) is 9. The lowest BCUT2D eigenvalue weighted by Gasteiger charge is -2.63. The lowest BCUT2D eigenvalue weighted by Crippen LogP contribution is -2.61. The second-order valence-electron chi connectivity index (χ2n) is 18.3. The molecule has 0 aromatic heterocycles. The standard InChI is InChI=1S/C35H56O9/c1-17-14-19-26(30(4,5)40)44-35(43-19)25(17)31(6)12-13-34-16-33(34)11-10-22(42-27-24(38)23(37)18(36)15-41-27)29(2,3)20(33)8-9-21(34)32(31,7)28(35)39/h17-28,36-40H,8-16H2,1-7H3/t17-,18+,19-,20+,21+,22-,23+,24-,25-,26+,27+,28+,31-,32-,33-,34?,35+/m1/s1. The van der Waals surface area contributed by atoms with Gasteiger partial charge in [-0.25, -0.2) is 0 Å². The summed E-state index contributed by atoms with van der Waals surface area (Å²) in [6, 6.07) is 0. The van der Waals surface area contributed by atoms with Gasteiger partial charge in [0.25, 0.3) is 0 Å². The molecule has 5 N–H and O–H groups in total. The van der Waals surface area contributed by atoms with Crippen LogP contribution in [-0.4, -0.2) is 92.5 Å². The zero-order valence-electron chi connectivity index (χ0n) is 27.7. The van der Waals surface area contributed by atoms with Crippen LogP contribution in [0.3, 0.4) is 0 Å². The summed E-state index contributed by atoms with van der Waals surface area (Å²) in [5.74, 6) is 0.108. The molecule has 3 aliphatic heterocycles. The van der Waals surface area contributed by atoms with E-state index in [9.17, 15) is 25.5 Å². The summed E-state index contributed by atoms with van der Waals surface area (Å²) in [7, 11) is 0. The third-order valence-corrected chi connectivity index (χ3v) is 15.9. The molecule has 1 unspecified atom stereocenters. The molecule has 5 saturated carbocycles. The van der Waals surface area contributed by atoms with Gasteiger partial charge >= 0.3 is 0 Å². The van der Waals surface area contributed by atoms with Crippen LogP contribution < -0.4 is 0 Å². The lowest BCUT2D eigenvalue weighted by atomic mass is 9.41. The maximum absolute atomic E-state index is 12.7. The van der Waals surface area contributed by atoms with Gasteiger partial charge < -0.3 is 44.5 Å². The Kier molecular flexibility index (Phi) is 6.33. The van der Waals surface area contributed by atoms with E-state index in [-0.39, 0.29) is 51.8 Å². The van der Waals surface area contributed by atoms with E-state index in [2.05, 4.69) is 34.6 Å². The fourth-order valence-electron chi connectivity index (χ4n) is 14.0. The smallest absolute Gasteiger partial charge is 0.199 e. The molecule has 0 aromatic rings. The first-order valence-electron chi connectivity index (χ1n) is 17.5. The first-order chi connectivity index (χ1) is 20.4. The van der Waals surface area contributed by atoms with Gasteiger partial charge in [0.2, 0.25) is 0 Å². The van der Waals surface area contributed by atoms with Crippen LogP contribution in [0.1, 0.15) is 99.8 Å². The molecule has 9 nitrogen and oxygen atoms in total. The van der Waals surface area contributed by atoms with Gasteiger partial charge in [-0.05, 0) is 105 Å². The highest BCUT2D eigenvalue weighted by Gasteiger charge is 2.88. The first-order valence-corrected chi connectivity index (χ1v) is 17.5. The van der Waals surface area contributed by atoms with Crippen molar-refractivity contribution in [3.63, 3.8) is 0 Å². The van der Waals surface area contributed by atoms with Crippen molar-refractivity contribution in [1.82, 2.24) is 0 Å². The summed E-state index contributed by atoms with van der Waals surface area (Å²) < 4.78 is 25.8. The second kappa shape index (κ2) is 9.00. The van der Waals surface area contributed by atoms with Gasteiger partial charge in [0.15, 0.2) is 12.1 Å². The molecule has 9 heteroatoms. The molecule has 250 valence electrons. The Balaban J connectivity index is 1.10. The Morgan fingerprint density at radius 2 is 1.52 bits per heavy atom. The van der Waals surface area contributed by atoms with E-state index in [0.29, 0.717) is 17.8 Å². The Morgan fingerprint density at radius 1 is 0.841 bits per heavy atom. The maximum atomic E-state index is 12.7. The van der Waals surface area contributed by atoms with Crippen LogP contribution in [0.25, 0.3) is 0 Å². The Hall–Kier alpha value is -0.360. The number of aliphatic hydroxyl groups excluding tert-OH is 4. The third-order valence-electron chi connectivity index (χ3n) is 15.9. The summed E-state index contributed by atoms with van der Waals surface area (Å²) >= 11 is 0. The molecule has 8 fully saturated rings. The normalized spacial score (nSPS) is 62.2. The zero-order valence-corrected chi connectivity index (χ0v) is 27.7. The summed E-state index contributed by atoms with van der Waals surface area (Å²) in [4.78, 5) is 0. The van der Waals surface area contributed by atoms with Crippen molar-refractivity contribution in [2.75, 3.05) is 6.61 Å². The largest absolute Gasteiger partial charge is 0.388 e. The van der Waals surface area contributed by atoms with Gasteiger partial charge in [0.05, 0.1) is 24.4 Å². The maximum Gasteiger partial charge on any atom is 0.199 e. The van der Waals surface area contributed by atoms with Crippen molar-refractivity contribution in [2.24, 2.45) is 50.7 Å². The molecule has 3 heterocycles. The van der Waals surface area contributed by atoms with Crippen LogP contribution in [0.2, 0.25) is 0 Å². The molecule has 8 aliphatic rings. The number of fused-ring (bicyclic) bond motifs is 4. The number of ether oxygens (including phenoxy) is 4. The van der Waals surface area contributed by atoms with Gasteiger partial charge in [-0.1, -0.05) is 34.6 Å². The summed E-state index contributed by atoms with van der Waals surface area (Å²) in [6.45, 7) is 15.2. The topological polar surface area (TPSA) is 138 Å². The van der Waals surface area contributed by atoms with Crippen LogP contribution in [0.15, 0.2) is 0 Å². The molecular weight excluding hydrogens is 564 g/mol. The van der Waals surface area contributed by atoms with E-state index in [0.717, 1.165) is 44.9 Å². The fraction of sp³-hybridized carbons (Fsp3) is 1.00. The van der Waals surface area contributed by atoms with Crippen molar-refractivity contribution in [3.8, 4) is 0 Å². The molecule has 17 atom stereocenters. The van der Waals surface area contributed by atoms with Crippen molar-refractivity contribution in [3.05, 3.63) is 0 Å². The van der Waals surface area contributed by atoms with E-state index in [1.807, 2.05) is 0 Å². The molecule has 3 saturated heterocycles. The predicted octanol–water partition coefficient (Wildman–Crippen LogP) is 3.12. The fourth-order valence-corrected chi connectivity index (χ4v) is 14.0. The second-order valence-corrected chi connectivity index (χ2v) is 18.3. The van der Waals surface area contributed by atoms with Crippen LogP contribution in [0, 0.1) is 50.7 Å². The van der Waals surface area contributed by atoms with Crippen molar-refractivity contribution in [1.29, 1.82) is 0 Å². The lowest BCUT2D eigenvalue weighted by molar-refractivity contribution is -0.303. The van der Waals surface area contributed by atoms with Gasteiger partial charge in [-0.15, -0.1) is 0 Å². The summed E-state index contributed by atoms with van der Waals surface area (Å²) in [5.41, 5.74) is -1.39. The van der Waals surface area contributed by atoms with Crippen molar-refractivity contribution >= 4 is 0 Å². The highest BCUT2D eigenvalue weighted by Crippen LogP contribution is 2.90. The Labute approximate surface area is 262 Å². The Morgan fingerprint density at radius 3 is 2.23 bits per heavy atom. The minimum atomic E-state index is -1.28. The minimum absolute atomic E-state index is 0.0559. The molecule has 8 rings (SSSR count). The van der Waals surface area contributed by atoms with Crippen LogP contribution >= 0.6 is 0 Å². The summed E-state index contributed by atoms with van der Waals surface area (Å²) in [5, 5.41) is 54.5. The van der Waals surface area contributed by atoms with E-state index < -0.39 is 48.2 Å². The van der Waals surface area contributed by atoms with Crippen LogP contribution in [0.5, 0.6) is 0 Å². The minimum Gasteiger partial charge on any atom is -0.388 e. The van der Waals surface area contributed by atoms with E-state index in [1.165, 1.54) is 6.42 Å². The monoisotopic (exact) mass is 620 g/mol. The SMILES string of the molecule is C[C@@H]1C[C@H]2O[C@@]3(O[C@@H]2C(C)(C)O)[C@@H](O)[C@@]2(C)[C@@H]4CC[C@H]5C(C)(C)[C@H](O[C@@H]6OC[C@H](O)[C@H](O)[C@H]6O)CC[C@@]56CC46CC[C@]2(C)[C@@H]13. The number of rotatable bonds is 3. The molecule has 2 bridgehead atoms. The highest BCUT2D eigenvalue weighted by atomic mass is 16.8. The van der Waals surface area contributed by atoms with Gasteiger partial charge in [0.1, 0.15) is 30.5 Å². The Bertz CT molecular complexity index is 1200. The molecular formula is C35H56O9. The molecule has 0 radical (unpaired) electrons. The van der Waals surface area contributed by atoms with Gasteiger partial charge in [0, 0.05) is 11.3 Å². The van der Waals surface area contributed by atoms with Crippen LogP contribution in [0.4, 0.5) is 0 Å². The quantitative estimate of drug-likeness (QED) is 0.301. The molecule has 44 heavy (non-hydrogen) atoms. The van der Waals surface area contributed by atoms with Gasteiger partial charge in [-0.3, -0.25) is 0 Å². The van der Waals surface area contributed by atoms with Crippen molar-refractivity contribution in [2.45, 2.75) is 160 Å². The van der Waals surface area contributed by atoms with Crippen molar-refractivity contribution < 1.29 is 44.5 Å². The number of hydrogen-bond donors (Lipinski definition) is 5. The molecule has 0 amide bonds. The van der Waals surface area contributed by atoms with Crippen LogP contribution in [-0.2, 0) is 18.9 Å².